The molecule has 1 heterocycles. The third-order valence-electron chi connectivity index (χ3n) is 2.63. The van der Waals surface area contributed by atoms with Gasteiger partial charge < -0.3 is 11.1 Å². The minimum absolute atomic E-state index is 0.118. The fraction of sp³-hybridized carbons (Fsp3) is 0.231. The predicted octanol–water partition coefficient (Wildman–Crippen LogP) is 2.27. The fourth-order valence-corrected chi connectivity index (χ4v) is 2.27. The smallest absolute Gasteiger partial charge is 0.251 e. The second-order valence-corrected chi connectivity index (χ2v) is 5.42. The number of nitrogens with one attached hydrogen (secondary N) is 1. The van der Waals surface area contributed by atoms with Crippen molar-refractivity contribution in [3.8, 4) is 0 Å². The van der Waals surface area contributed by atoms with E-state index in [0.29, 0.717) is 17.8 Å². The summed E-state index contributed by atoms with van der Waals surface area (Å²) in [7, 11) is 0. The molecule has 0 unspecified atom stereocenters. The monoisotopic (exact) mass is 261 g/mol. The Balaban J connectivity index is 2.01. The van der Waals surface area contributed by atoms with E-state index in [1.807, 2.05) is 19.9 Å². The second-order valence-electron chi connectivity index (χ2n) is 4.10. The zero-order valence-corrected chi connectivity index (χ0v) is 11.2. The van der Waals surface area contributed by atoms with Crippen LogP contribution in [0.5, 0.6) is 0 Å². The third kappa shape index (κ3) is 2.87. The van der Waals surface area contributed by atoms with Crippen molar-refractivity contribution in [1.82, 2.24) is 10.3 Å². The van der Waals surface area contributed by atoms with E-state index in [2.05, 4.69) is 10.3 Å². The number of nitrogen functional groups attached to an aromatic ring is 1. The van der Waals surface area contributed by atoms with Crippen LogP contribution in [0.1, 0.15) is 25.8 Å². The van der Waals surface area contributed by atoms with Gasteiger partial charge in [0.15, 0.2) is 0 Å². The van der Waals surface area contributed by atoms with Crippen molar-refractivity contribution in [1.29, 1.82) is 0 Å². The van der Waals surface area contributed by atoms with Crippen molar-refractivity contribution >= 4 is 22.9 Å². The quantitative estimate of drug-likeness (QED) is 0.833. The van der Waals surface area contributed by atoms with Gasteiger partial charge in [-0.2, -0.15) is 0 Å². The predicted molar refractivity (Wildman–Crippen MR) is 73.6 cm³/mol. The van der Waals surface area contributed by atoms with Crippen LogP contribution in [0.2, 0.25) is 0 Å². The van der Waals surface area contributed by atoms with Crippen LogP contribution in [-0.2, 0) is 6.54 Å². The normalized spacial score (nSPS) is 10.3. The van der Waals surface area contributed by atoms with Crippen molar-refractivity contribution in [3.05, 3.63) is 45.4 Å². The number of thiazole rings is 1. The molecule has 0 aliphatic carbocycles. The molecule has 0 saturated heterocycles. The summed E-state index contributed by atoms with van der Waals surface area (Å²) >= 11 is 1.58. The molecule has 0 fully saturated rings. The minimum atomic E-state index is -0.118. The Kier molecular flexibility index (Phi) is 3.62. The number of aryl methyl sites for hydroxylation is 2. The summed E-state index contributed by atoms with van der Waals surface area (Å²) < 4.78 is 0. The average Bonchev–Trinajstić information content (AvgIpc) is 2.75. The molecule has 0 aliphatic heterocycles. The molecule has 0 aliphatic rings. The molecule has 0 bridgehead atoms. The zero-order chi connectivity index (χ0) is 13.1. The van der Waals surface area contributed by atoms with E-state index in [1.165, 1.54) is 0 Å². The molecule has 5 heteroatoms. The Labute approximate surface area is 110 Å². The van der Waals surface area contributed by atoms with E-state index in [-0.39, 0.29) is 5.91 Å². The Morgan fingerprint density at radius 2 is 2.22 bits per heavy atom. The van der Waals surface area contributed by atoms with Crippen molar-refractivity contribution in [2.24, 2.45) is 0 Å². The Bertz CT molecular complexity index is 577. The molecule has 1 amide bonds. The van der Waals surface area contributed by atoms with Gasteiger partial charge in [0, 0.05) is 22.3 Å². The van der Waals surface area contributed by atoms with Crippen LogP contribution in [-0.4, -0.2) is 10.9 Å². The highest BCUT2D eigenvalue weighted by Crippen LogP contribution is 2.14. The molecule has 0 spiro atoms. The first-order valence-electron chi connectivity index (χ1n) is 5.62. The number of aromatic nitrogens is 1. The Morgan fingerprint density at radius 3 is 2.83 bits per heavy atom. The molecular weight excluding hydrogens is 246 g/mol. The Morgan fingerprint density at radius 1 is 1.44 bits per heavy atom. The zero-order valence-electron chi connectivity index (χ0n) is 10.4. The molecule has 4 nitrogen and oxygen atoms in total. The molecule has 1 aromatic carbocycles. The SMILES string of the molecule is Cc1ncc(CNC(=O)c2ccc(C)c(N)c2)s1. The first-order chi connectivity index (χ1) is 8.56. The van der Waals surface area contributed by atoms with Crippen LogP contribution in [0.3, 0.4) is 0 Å². The number of nitrogens with two attached hydrogens (primary N) is 1. The van der Waals surface area contributed by atoms with Crippen LogP contribution in [0.15, 0.2) is 24.4 Å². The Hall–Kier alpha value is -1.88. The summed E-state index contributed by atoms with van der Waals surface area (Å²) in [6.45, 7) is 4.35. The summed E-state index contributed by atoms with van der Waals surface area (Å²) in [6, 6.07) is 5.32. The number of nitrogens with zero attached hydrogens (tertiary/aromatic N) is 1. The lowest BCUT2D eigenvalue weighted by Crippen LogP contribution is -2.22. The highest BCUT2D eigenvalue weighted by atomic mass is 32.1. The van der Waals surface area contributed by atoms with Crippen molar-refractivity contribution in [3.63, 3.8) is 0 Å². The highest BCUT2D eigenvalue weighted by molar-refractivity contribution is 7.11. The van der Waals surface area contributed by atoms with E-state index < -0.39 is 0 Å². The van der Waals surface area contributed by atoms with E-state index in [4.69, 9.17) is 5.73 Å². The topological polar surface area (TPSA) is 68.0 Å². The standard InChI is InChI=1S/C13H15N3OS/c1-8-3-4-10(5-12(8)14)13(17)16-7-11-6-15-9(2)18-11/h3-6H,7,14H2,1-2H3,(H,16,17). The number of carbonyl (C=O) groups excluding carboxylic acids is 1. The van der Waals surface area contributed by atoms with Gasteiger partial charge in [-0.05, 0) is 31.5 Å². The summed E-state index contributed by atoms with van der Waals surface area (Å²) in [6.07, 6.45) is 1.78. The molecule has 2 rings (SSSR count). The van der Waals surface area contributed by atoms with E-state index in [0.717, 1.165) is 15.4 Å². The number of anilines is 1. The molecule has 0 saturated carbocycles. The maximum atomic E-state index is 11.9. The van der Waals surface area contributed by atoms with Crippen LogP contribution >= 0.6 is 11.3 Å². The van der Waals surface area contributed by atoms with Gasteiger partial charge in [0.2, 0.25) is 0 Å². The van der Waals surface area contributed by atoms with Gasteiger partial charge in [-0.25, -0.2) is 4.98 Å². The highest BCUT2D eigenvalue weighted by Gasteiger charge is 2.07. The first-order valence-corrected chi connectivity index (χ1v) is 6.43. The van der Waals surface area contributed by atoms with Crippen LogP contribution in [0.25, 0.3) is 0 Å². The number of carbonyl (C=O) groups is 1. The second kappa shape index (κ2) is 5.18. The molecule has 3 N–H and O–H groups in total. The largest absolute Gasteiger partial charge is 0.398 e. The van der Waals surface area contributed by atoms with Crippen LogP contribution in [0, 0.1) is 13.8 Å². The van der Waals surface area contributed by atoms with Gasteiger partial charge in [-0.15, -0.1) is 11.3 Å². The summed E-state index contributed by atoms with van der Waals surface area (Å²) in [5.41, 5.74) is 7.98. The number of benzene rings is 1. The first kappa shape index (κ1) is 12.6. The molecule has 94 valence electrons. The number of hydrogen-bond donors (Lipinski definition) is 2. The summed E-state index contributed by atoms with van der Waals surface area (Å²) in [5.74, 6) is -0.118. The summed E-state index contributed by atoms with van der Waals surface area (Å²) in [5, 5.41) is 3.85. The molecule has 18 heavy (non-hydrogen) atoms. The van der Waals surface area contributed by atoms with Gasteiger partial charge in [-0.1, -0.05) is 6.07 Å². The molecular formula is C13H15N3OS. The summed E-state index contributed by atoms with van der Waals surface area (Å²) in [4.78, 5) is 17.1. The fourth-order valence-electron chi connectivity index (χ4n) is 1.54. The van der Waals surface area contributed by atoms with Gasteiger partial charge in [0.05, 0.1) is 11.6 Å². The third-order valence-corrected chi connectivity index (χ3v) is 3.55. The van der Waals surface area contributed by atoms with Gasteiger partial charge in [0.25, 0.3) is 5.91 Å². The van der Waals surface area contributed by atoms with Gasteiger partial charge >= 0.3 is 0 Å². The number of hydrogen-bond acceptors (Lipinski definition) is 4. The minimum Gasteiger partial charge on any atom is -0.398 e. The van der Waals surface area contributed by atoms with Crippen molar-refractivity contribution in [2.75, 3.05) is 5.73 Å². The van der Waals surface area contributed by atoms with E-state index in [9.17, 15) is 4.79 Å². The lowest BCUT2D eigenvalue weighted by Gasteiger charge is -2.05. The van der Waals surface area contributed by atoms with Crippen LogP contribution < -0.4 is 11.1 Å². The van der Waals surface area contributed by atoms with Crippen molar-refractivity contribution in [2.45, 2.75) is 20.4 Å². The molecule has 0 atom stereocenters. The molecule has 1 aromatic heterocycles. The number of amides is 1. The molecule has 0 radical (unpaired) electrons. The lowest BCUT2D eigenvalue weighted by molar-refractivity contribution is 0.0951. The number of rotatable bonds is 3. The van der Waals surface area contributed by atoms with Gasteiger partial charge in [0.1, 0.15) is 0 Å². The maximum absolute atomic E-state index is 11.9. The molecule has 2 aromatic rings. The van der Waals surface area contributed by atoms with Crippen molar-refractivity contribution < 1.29 is 4.79 Å². The van der Waals surface area contributed by atoms with Crippen LogP contribution in [0.4, 0.5) is 5.69 Å². The lowest BCUT2D eigenvalue weighted by atomic mass is 10.1. The van der Waals surface area contributed by atoms with E-state index >= 15 is 0 Å². The van der Waals surface area contributed by atoms with Gasteiger partial charge in [-0.3, -0.25) is 4.79 Å². The van der Waals surface area contributed by atoms with E-state index in [1.54, 1.807) is 29.7 Å². The maximum Gasteiger partial charge on any atom is 0.251 e. The average molecular weight is 261 g/mol.